The number of hydrogen-bond acceptors (Lipinski definition) is 3. The molecular formula is C13H20Cl2N2O2S. The van der Waals surface area contributed by atoms with E-state index in [2.05, 4.69) is 18.6 Å². The van der Waals surface area contributed by atoms with Crippen LogP contribution in [0, 0.1) is 5.92 Å². The van der Waals surface area contributed by atoms with Gasteiger partial charge in [-0.05, 0) is 24.5 Å². The Bertz CT molecular complexity index is 536. The fourth-order valence-corrected chi connectivity index (χ4v) is 4.09. The molecule has 3 N–H and O–H groups in total. The van der Waals surface area contributed by atoms with Crippen LogP contribution in [0.5, 0.6) is 0 Å². The van der Waals surface area contributed by atoms with E-state index in [1.54, 1.807) is 0 Å². The molecule has 1 rings (SSSR count). The second-order valence-corrected chi connectivity index (χ2v) is 7.62. The average molecular weight is 339 g/mol. The molecule has 4 nitrogen and oxygen atoms in total. The van der Waals surface area contributed by atoms with Crippen molar-refractivity contribution in [1.29, 1.82) is 0 Å². The third kappa shape index (κ3) is 5.13. The van der Waals surface area contributed by atoms with E-state index in [0.717, 1.165) is 19.3 Å². The lowest BCUT2D eigenvalue weighted by atomic mass is 10.1. The first kappa shape index (κ1) is 17.6. The van der Waals surface area contributed by atoms with E-state index in [9.17, 15) is 8.42 Å². The van der Waals surface area contributed by atoms with Crippen LogP contribution < -0.4 is 10.5 Å². The summed E-state index contributed by atoms with van der Waals surface area (Å²) in [6.45, 7) is 4.64. The van der Waals surface area contributed by atoms with E-state index in [4.69, 9.17) is 28.9 Å². The lowest BCUT2D eigenvalue weighted by molar-refractivity contribution is 0.530. The Morgan fingerprint density at radius 1 is 1.20 bits per heavy atom. The Kier molecular flexibility index (Phi) is 6.58. The third-order valence-corrected chi connectivity index (χ3v) is 5.17. The lowest BCUT2D eigenvalue weighted by Gasteiger charge is -2.11. The highest BCUT2D eigenvalue weighted by Gasteiger charge is 2.21. The number of hydrogen-bond donors (Lipinski definition) is 2. The molecule has 0 aromatic heterocycles. The number of halogens is 2. The summed E-state index contributed by atoms with van der Waals surface area (Å²) in [5.74, 6) is 0.618. The van der Waals surface area contributed by atoms with Crippen LogP contribution in [0.4, 0.5) is 5.69 Å². The van der Waals surface area contributed by atoms with Crippen molar-refractivity contribution in [2.75, 3.05) is 12.3 Å². The maximum Gasteiger partial charge on any atom is 0.243 e. The van der Waals surface area contributed by atoms with Crippen molar-refractivity contribution in [3.63, 3.8) is 0 Å². The van der Waals surface area contributed by atoms with Gasteiger partial charge in [-0.15, -0.1) is 0 Å². The fraction of sp³-hybridized carbons (Fsp3) is 0.538. The molecule has 0 amide bonds. The molecule has 0 bridgehead atoms. The topological polar surface area (TPSA) is 72.2 Å². The fourth-order valence-electron chi connectivity index (χ4n) is 1.79. The van der Waals surface area contributed by atoms with E-state index in [1.165, 1.54) is 12.1 Å². The quantitative estimate of drug-likeness (QED) is 0.588. The SMILES string of the molecule is CC(C)CCCCNS(=O)(=O)c1c(Cl)cc(N)cc1Cl. The zero-order chi connectivity index (χ0) is 15.3. The van der Waals surface area contributed by atoms with Gasteiger partial charge in [-0.2, -0.15) is 0 Å². The average Bonchev–Trinajstić information content (AvgIpc) is 2.25. The van der Waals surface area contributed by atoms with Gasteiger partial charge >= 0.3 is 0 Å². The minimum atomic E-state index is -3.71. The van der Waals surface area contributed by atoms with Gasteiger partial charge in [0.2, 0.25) is 10.0 Å². The van der Waals surface area contributed by atoms with E-state index < -0.39 is 10.0 Å². The maximum atomic E-state index is 12.2. The van der Waals surface area contributed by atoms with Crippen LogP contribution >= 0.6 is 23.2 Å². The predicted octanol–water partition coefficient (Wildman–Crippen LogP) is 3.68. The maximum absolute atomic E-state index is 12.2. The number of rotatable bonds is 7. The van der Waals surface area contributed by atoms with Gasteiger partial charge in [0.05, 0.1) is 10.0 Å². The molecule has 1 aromatic rings. The number of sulfonamides is 1. The molecule has 0 fully saturated rings. The zero-order valence-electron chi connectivity index (χ0n) is 11.6. The van der Waals surface area contributed by atoms with Crippen LogP contribution in [0.25, 0.3) is 0 Å². The first-order valence-corrected chi connectivity index (χ1v) is 8.72. The van der Waals surface area contributed by atoms with E-state index in [0.29, 0.717) is 18.2 Å². The molecule has 0 radical (unpaired) electrons. The van der Waals surface area contributed by atoms with Gasteiger partial charge in [0, 0.05) is 12.2 Å². The summed E-state index contributed by atoms with van der Waals surface area (Å²) in [6.07, 6.45) is 2.83. The van der Waals surface area contributed by atoms with Crippen LogP contribution in [-0.2, 0) is 10.0 Å². The first-order valence-electron chi connectivity index (χ1n) is 6.48. The number of nitrogens with two attached hydrogens (primary N) is 1. The molecule has 1 aromatic carbocycles. The van der Waals surface area contributed by atoms with Crippen molar-refractivity contribution >= 4 is 38.9 Å². The third-order valence-electron chi connectivity index (χ3n) is 2.79. The summed E-state index contributed by atoms with van der Waals surface area (Å²) in [6, 6.07) is 2.75. The zero-order valence-corrected chi connectivity index (χ0v) is 13.9. The van der Waals surface area contributed by atoms with Gasteiger partial charge in [0.1, 0.15) is 4.90 Å². The first-order chi connectivity index (χ1) is 9.24. The Morgan fingerprint density at radius 2 is 1.75 bits per heavy atom. The Hall–Kier alpha value is -0.490. The molecule has 0 unspecified atom stereocenters. The number of nitrogens with one attached hydrogen (secondary N) is 1. The molecular weight excluding hydrogens is 319 g/mol. The molecule has 0 aliphatic carbocycles. The standard InChI is InChI=1S/C13H20Cl2N2O2S/c1-9(2)5-3-4-6-17-20(18,19)13-11(14)7-10(16)8-12(13)15/h7-9,17H,3-6,16H2,1-2H3. The van der Waals surface area contributed by atoms with Crippen LogP contribution in [0.3, 0.4) is 0 Å². The van der Waals surface area contributed by atoms with Gasteiger partial charge in [0.15, 0.2) is 0 Å². The molecule has 0 aliphatic heterocycles. The number of unbranched alkanes of at least 4 members (excludes halogenated alkanes) is 1. The molecule has 0 saturated carbocycles. The summed E-state index contributed by atoms with van der Waals surface area (Å²) >= 11 is 11.8. The summed E-state index contributed by atoms with van der Waals surface area (Å²) < 4.78 is 26.8. The van der Waals surface area contributed by atoms with E-state index in [1.807, 2.05) is 0 Å². The van der Waals surface area contributed by atoms with Gasteiger partial charge in [-0.25, -0.2) is 13.1 Å². The monoisotopic (exact) mass is 338 g/mol. The van der Waals surface area contributed by atoms with Crippen molar-refractivity contribution < 1.29 is 8.42 Å². The Morgan fingerprint density at radius 3 is 2.25 bits per heavy atom. The highest BCUT2D eigenvalue weighted by atomic mass is 35.5. The highest BCUT2D eigenvalue weighted by molar-refractivity contribution is 7.89. The second-order valence-electron chi connectivity index (χ2n) is 5.10. The second kappa shape index (κ2) is 7.50. The molecule has 114 valence electrons. The number of nitrogen functional groups attached to an aromatic ring is 1. The molecule has 0 saturated heterocycles. The molecule has 7 heteroatoms. The minimum absolute atomic E-state index is 0.0321. The Balaban J connectivity index is 2.70. The smallest absolute Gasteiger partial charge is 0.243 e. The van der Waals surface area contributed by atoms with Crippen LogP contribution in [-0.4, -0.2) is 15.0 Å². The van der Waals surface area contributed by atoms with Crippen molar-refractivity contribution in [2.24, 2.45) is 5.92 Å². The highest BCUT2D eigenvalue weighted by Crippen LogP contribution is 2.31. The molecule has 0 atom stereocenters. The van der Waals surface area contributed by atoms with Crippen molar-refractivity contribution in [3.05, 3.63) is 22.2 Å². The van der Waals surface area contributed by atoms with Crippen LogP contribution in [0.15, 0.2) is 17.0 Å². The summed E-state index contributed by atoms with van der Waals surface area (Å²) in [5.41, 5.74) is 5.88. The lowest BCUT2D eigenvalue weighted by Crippen LogP contribution is -2.25. The van der Waals surface area contributed by atoms with E-state index in [-0.39, 0.29) is 14.9 Å². The normalized spacial score (nSPS) is 12.1. The van der Waals surface area contributed by atoms with Crippen molar-refractivity contribution in [3.8, 4) is 0 Å². The summed E-state index contributed by atoms with van der Waals surface area (Å²) in [7, 11) is -3.71. The predicted molar refractivity (Wildman–Crippen MR) is 84.8 cm³/mol. The molecule has 20 heavy (non-hydrogen) atoms. The van der Waals surface area contributed by atoms with Gasteiger partial charge in [0.25, 0.3) is 0 Å². The minimum Gasteiger partial charge on any atom is -0.399 e. The van der Waals surface area contributed by atoms with Gasteiger partial charge < -0.3 is 5.73 Å². The van der Waals surface area contributed by atoms with Crippen molar-refractivity contribution in [2.45, 2.75) is 38.0 Å². The molecule has 0 heterocycles. The van der Waals surface area contributed by atoms with E-state index >= 15 is 0 Å². The number of benzene rings is 1. The largest absolute Gasteiger partial charge is 0.399 e. The van der Waals surface area contributed by atoms with Gasteiger partial charge in [-0.1, -0.05) is 49.9 Å². The van der Waals surface area contributed by atoms with Gasteiger partial charge in [-0.3, -0.25) is 0 Å². The summed E-state index contributed by atoms with van der Waals surface area (Å²) in [4.78, 5) is -0.112. The van der Waals surface area contributed by atoms with Crippen LogP contribution in [0.2, 0.25) is 10.0 Å². The van der Waals surface area contributed by atoms with Crippen molar-refractivity contribution in [1.82, 2.24) is 4.72 Å². The summed E-state index contributed by atoms with van der Waals surface area (Å²) in [5, 5.41) is 0.0642. The molecule has 0 spiro atoms. The van der Waals surface area contributed by atoms with Crippen LogP contribution in [0.1, 0.15) is 33.1 Å². The molecule has 0 aliphatic rings. The number of anilines is 1. The Labute approximate surface area is 130 Å².